The topological polar surface area (TPSA) is 0 Å². The Bertz CT molecular complexity index is 97.7. The largest absolute Gasteiger partial charge is 1.00 e. The van der Waals surface area contributed by atoms with Crippen LogP contribution >= 0.6 is 0 Å². The van der Waals surface area contributed by atoms with Gasteiger partial charge in [-0.1, -0.05) is 0 Å². The Labute approximate surface area is 94.5 Å². The van der Waals surface area contributed by atoms with Crippen LogP contribution in [0.15, 0.2) is 0 Å². The first-order valence-corrected chi connectivity index (χ1v) is 13.4. The molecule has 0 aliphatic rings. The van der Waals surface area contributed by atoms with Crippen LogP contribution in [0.25, 0.3) is 0 Å². The third kappa shape index (κ3) is 9.18. The Balaban J connectivity index is 0. The van der Waals surface area contributed by atoms with Gasteiger partial charge in [0.25, 0.3) is 0 Å². The van der Waals surface area contributed by atoms with E-state index in [4.69, 9.17) is 0 Å². The average Bonchev–Trinajstić information content (AvgIpc) is 1.80. The van der Waals surface area contributed by atoms with Gasteiger partial charge in [-0.25, -0.2) is 0 Å². The first-order valence-electron chi connectivity index (χ1n) is 5.75. The molecule has 0 aromatic heterocycles. The van der Waals surface area contributed by atoms with Crippen molar-refractivity contribution in [3.63, 3.8) is 0 Å². The first kappa shape index (κ1) is 13.9. The normalized spacial score (nSPS) is 11.8. The minimum absolute atomic E-state index is 0. The Morgan fingerprint density at radius 1 is 0.692 bits per heavy atom. The third-order valence-corrected chi connectivity index (χ3v) is 17.1. The maximum Gasteiger partial charge on any atom is -1.00 e. The Hall–Kier alpha value is 0.870. The van der Waals surface area contributed by atoms with E-state index in [1.807, 2.05) is 0 Å². The molecule has 0 bridgehead atoms. The SMILES string of the molecule is CC(C)[CH2][Hf+]([CH2]C(C)C)[CH2]C(C)C.[H-]. The molecular formula is C12H28Hf. The van der Waals surface area contributed by atoms with Gasteiger partial charge in [0.05, 0.1) is 0 Å². The van der Waals surface area contributed by atoms with E-state index < -0.39 is 21.4 Å². The van der Waals surface area contributed by atoms with E-state index in [1.165, 1.54) is 0 Å². The molecule has 0 aromatic rings. The molecule has 0 atom stereocenters. The summed E-state index contributed by atoms with van der Waals surface area (Å²) in [7, 11) is 0. The molecule has 0 radical (unpaired) electrons. The average molecular weight is 351 g/mol. The van der Waals surface area contributed by atoms with E-state index >= 15 is 0 Å². The van der Waals surface area contributed by atoms with E-state index in [9.17, 15) is 0 Å². The fourth-order valence-corrected chi connectivity index (χ4v) is 16.2. The standard InChI is InChI=1S/3C4H9.Hf.H/c3*1-4(2)3;;/h3*4H,1H2,2-3H3;;/q;;;+1;-1. The summed E-state index contributed by atoms with van der Waals surface area (Å²) in [6.07, 6.45) is 0. The molecule has 0 aliphatic carbocycles. The smallest absolute Gasteiger partial charge is 1.00 e. The fraction of sp³-hybridized carbons (Fsp3) is 1.00. The molecule has 0 N–H and O–H groups in total. The molecule has 0 aliphatic heterocycles. The molecule has 0 spiro atoms. The minimum Gasteiger partial charge on any atom is -1.00 e. The maximum absolute atomic E-state index is 2.39. The molecule has 0 saturated carbocycles. The van der Waals surface area contributed by atoms with Crippen LogP contribution in [0.2, 0.25) is 12.5 Å². The predicted molar refractivity (Wildman–Crippen MR) is 60.0 cm³/mol. The summed E-state index contributed by atoms with van der Waals surface area (Å²) < 4.78 is 4.88. The Morgan fingerprint density at radius 3 is 1.08 bits per heavy atom. The summed E-state index contributed by atoms with van der Waals surface area (Å²) in [4.78, 5) is 0. The van der Waals surface area contributed by atoms with Crippen molar-refractivity contribution in [1.29, 1.82) is 0 Å². The summed E-state index contributed by atoms with van der Waals surface area (Å²) in [6.45, 7) is 14.4. The molecule has 13 heavy (non-hydrogen) atoms. The van der Waals surface area contributed by atoms with Crippen molar-refractivity contribution in [1.82, 2.24) is 0 Å². The second-order valence-electron chi connectivity index (χ2n) is 5.54. The van der Waals surface area contributed by atoms with Crippen LogP contribution in [-0.4, -0.2) is 0 Å². The maximum atomic E-state index is 2.39. The summed E-state index contributed by atoms with van der Waals surface area (Å²) in [5.41, 5.74) is 0. The summed E-state index contributed by atoms with van der Waals surface area (Å²) in [5.74, 6) is 2.87. The zero-order valence-electron chi connectivity index (χ0n) is 11.4. The zero-order chi connectivity index (χ0) is 10.4. The molecule has 0 fully saturated rings. The second-order valence-corrected chi connectivity index (χ2v) is 15.3. The molecule has 0 amide bonds. The van der Waals surface area contributed by atoms with Gasteiger partial charge in [0.15, 0.2) is 0 Å². The molecule has 0 aromatic carbocycles. The van der Waals surface area contributed by atoms with Gasteiger partial charge in [-0.15, -0.1) is 0 Å². The fourth-order valence-electron chi connectivity index (χ4n) is 1.98. The van der Waals surface area contributed by atoms with Gasteiger partial charge >= 0.3 is 93.3 Å². The van der Waals surface area contributed by atoms with Gasteiger partial charge in [0, 0.05) is 0 Å². The van der Waals surface area contributed by atoms with Gasteiger partial charge < -0.3 is 1.43 Å². The van der Waals surface area contributed by atoms with Gasteiger partial charge in [-0.3, -0.25) is 0 Å². The van der Waals surface area contributed by atoms with Crippen LogP contribution < -0.4 is 0 Å². The summed E-state index contributed by atoms with van der Waals surface area (Å²) >= 11 is -1.14. The predicted octanol–water partition coefficient (Wildman–Crippen LogP) is 4.94. The number of rotatable bonds is 6. The van der Waals surface area contributed by atoms with Crippen LogP contribution in [-0.2, 0) is 21.4 Å². The monoisotopic (exact) mass is 352 g/mol. The van der Waals surface area contributed by atoms with Crippen LogP contribution in [0, 0.1) is 17.8 Å². The molecule has 0 heterocycles. The molecular weight excluding hydrogens is 323 g/mol. The van der Waals surface area contributed by atoms with Crippen molar-refractivity contribution in [3.8, 4) is 0 Å². The molecule has 0 saturated heterocycles. The molecule has 0 unspecified atom stereocenters. The van der Waals surface area contributed by atoms with Crippen molar-refractivity contribution in [2.24, 2.45) is 17.8 Å². The summed E-state index contributed by atoms with van der Waals surface area (Å²) in [5, 5.41) is 0. The third-order valence-electron chi connectivity index (χ3n) is 2.09. The summed E-state index contributed by atoms with van der Waals surface area (Å²) in [6, 6.07) is 0. The number of hydrogen-bond acceptors (Lipinski definition) is 0. The molecule has 80 valence electrons. The first-order chi connectivity index (χ1) is 5.91. The van der Waals surface area contributed by atoms with Crippen LogP contribution in [0.5, 0.6) is 0 Å². The van der Waals surface area contributed by atoms with Gasteiger partial charge in [-0.2, -0.15) is 0 Å². The van der Waals surface area contributed by atoms with Crippen molar-refractivity contribution in [2.45, 2.75) is 54.1 Å². The van der Waals surface area contributed by atoms with Gasteiger partial charge in [0.2, 0.25) is 0 Å². The van der Waals surface area contributed by atoms with E-state index in [0.29, 0.717) is 0 Å². The van der Waals surface area contributed by atoms with Crippen LogP contribution in [0.3, 0.4) is 0 Å². The van der Waals surface area contributed by atoms with Gasteiger partial charge in [-0.05, 0) is 0 Å². The minimum atomic E-state index is -1.14. The van der Waals surface area contributed by atoms with E-state index in [-0.39, 0.29) is 1.43 Å². The Morgan fingerprint density at radius 2 is 0.923 bits per heavy atom. The van der Waals surface area contributed by atoms with Crippen molar-refractivity contribution < 1.29 is 22.9 Å². The Kier molecular flexibility index (Phi) is 7.68. The van der Waals surface area contributed by atoms with Crippen molar-refractivity contribution >= 4 is 0 Å². The molecule has 0 nitrogen and oxygen atoms in total. The number of hydrogen-bond donors (Lipinski definition) is 0. The van der Waals surface area contributed by atoms with Crippen molar-refractivity contribution in [2.75, 3.05) is 0 Å². The van der Waals surface area contributed by atoms with E-state index in [2.05, 4.69) is 41.5 Å². The quantitative estimate of drug-likeness (QED) is 0.595. The van der Waals surface area contributed by atoms with E-state index in [0.717, 1.165) is 17.8 Å². The van der Waals surface area contributed by atoms with Crippen LogP contribution in [0.4, 0.5) is 0 Å². The molecule has 0 rings (SSSR count). The zero-order valence-corrected chi connectivity index (χ0v) is 13.9. The second kappa shape index (κ2) is 7.20. The van der Waals surface area contributed by atoms with Gasteiger partial charge in [0.1, 0.15) is 0 Å². The van der Waals surface area contributed by atoms with E-state index in [1.54, 1.807) is 12.5 Å². The van der Waals surface area contributed by atoms with Crippen molar-refractivity contribution in [3.05, 3.63) is 0 Å². The van der Waals surface area contributed by atoms with Crippen LogP contribution in [0.1, 0.15) is 43.0 Å². The molecule has 1 heteroatoms.